The van der Waals surface area contributed by atoms with Crippen molar-refractivity contribution >= 4 is 11.9 Å². The number of carbonyl (C=O) groups is 2. The van der Waals surface area contributed by atoms with Crippen LogP contribution < -0.4 is 0 Å². The number of benzene rings is 1. The highest BCUT2D eigenvalue weighted by Crippen LogP contribution is 2.11. The van der Waals surface area contributed by atoms with Crippen LogP contribution in [0.3, 0.4) is 0 Å². The van der Waals surface area contributed by atoms with Crippen LogP contribution in [0.2, 0.25) is 0 Å². The number of carboxylic acid groups (broad SMARTS) is 1. The number of nitrogens with zero attached hydrogens (tertiary/aromatic N) is 4. The van der Waals surface area contributed by atoms with E-state index in [1.807, 2.05) is 23.1 Å². The summed E-state index contributed by atoms with van der Waals surface area (Å²) in [5.41, 5.74) is 1.80. The van der Waals surface area contributed by atoms with E-state index in [2.05, 4.69) is 22.1 Å². The van der Waals surface area contributed by atoms with Crippen molar-refractivity contribution in [2.45, 2.75) is 19.5 Å². The quantitative estimate of drug-likeness (QED) is 0.856. The van der Waals surface area contributed by atoms with Gasteiger partial charge in [-0.3, -0.25) is 19.2 Å². The van der Waals surface area contributed by atoms with Gasteiger partial charge in [0.1, 0.15) is 0 Å². The fourth-order valence-corrected chi connectivity index (χ4v) is 2.94. The van der Waals surface area contributed by atoms with Crippen molar-refractivity contribution in [3.05, 3.63) is 53.9 Å². The Morgan fingerprint density at radius 3 is 2.48 bits per heavy atom. The Morgan fingerprint density at radius 2 is 1.80 bits per heavy atom. The van der Waals surface area contributed by atoms with Crippen LogP contribution in [0, 0.1) is 0 Å². The first-order valence-electron chi connectivity index (χ1n) is 8.41. The third kappa shape index (κ3) is 4.67. The van der Waals surface area contributed by atoms with E-state index in [4.69, 9.17) is 5.11 Å². The van der Waals surface area contributed by atoms with E-state index in [0.717, 1.165) is 19.6 Å². The fourth-order valence-electron chi connectivity index (χ4n) is 2.94. The Balaban J connectivity index is 1.50. The number of carboxylic acids is 1. The van der Waals surface area contributed by atoms with Crippen LogP contribution in [0.15, 0.2) is 42.7 Å². The van der Waals surface area contributed by atoms with E-state index in [0.29, 0.717) is 18.7 Å². The molecule has 2 aromatic rings. The minimum Gasteiger partial charge on any atom is -0.481 e. The molecule has 1 fully saturated rings. The predicted molar refractivity (Wildman–Crippen MR) is 92.1 cm³/mol. The Bertz CT molecular complexity index is 721. The zero-order valence-corrected chi connectivity index (χ0v) is 14.0. The van der Waals surface area contributed by atoms with Crippen molar-refractivity contribution in [1.82, 2.24) is 19.6 Å². The SMILES string of the molecule is O=C(O)CCn1cc(C(=O)N2CCN(Cc3ccccc3)CC2)cn1. The number of aromatic nitrogens is 2. The van der Waals surface area contributed by atoms with Gasteiger partial charge in [-0.2, -0.15) is 5.10 Å². The second-order valence-corrected chi connectivity index (χ2v) is 6.19. The first-order chi connectivity index (χ1) is 12.1. The maximum atomic E-state index is 12.6. The summed E-state index contributed by atoms with van der Waals surface area (Å²) >= 11 is 0. The van der Waals surface area contributed by atoms with Gasteiger partial charge in [0.05, 0.1) is 24.7 Å². The minimum atomic E-state index is -0.877. The molecule has 25 heavy (non-hydrogen) atoms. The van der Waals surface area contributed by atoms with Crippen LogP contribution >= 0.6 is 0 Å². The smallest absolute Gasteiger partial charge is 0.305 e. The van der Waals surface area contributed by atoms with Gasteiger partial charge in [0.25, 0.3) is 5.91 Å². The molecule has 1 aromatic heterocycles. The summed E-state index contributed by atoms with van der Waals surface area (Å²) in [4.78, 5) is 27.3. The van der Waals surface area contributed by atoms with Gasteiger partial charge in [0, 0.05) is 38.9 Å². The molecule has 7 nitrogen and oxygen atoms in total. The molecule has 1 aliphatic rings. The van der Waals surface area contributed by atoms with E-state index in [1.54, 1.807) is 6.20 Å². The van der Waals surface area contributed by atoms with Crippen LogP contribution in [-0.4, -0.2) is 62.7 Å². The maximum Gasteiger partial charge on any atom is 0.305 e. The Morgan fingerprint density at radius 1 is 1.08 bits per heavy atom. The van der Waals surface area contributed by atoms with Gasteiger partial charge in [-0.25, -0.2) is 0 Å². The summed E-state index contributed by atoms with van der Waals surface area (Å²) in [6.07, 6.45) is 3.13. The summed E-state index contributed by atoms with van der Waals surface area (Å²) in [5, 5.41) is 12.8. The van der Waals surface area contributed by atoms with Crippen LogP contribution in [-0.2, 0) is 17.9 Å². The predicted octanol–water partition coefficient (Wildman–Crippen LogP) is 1.32. The number of hydrogen-bond donors (Lipinski definition) is 1. The summed E-state index contributed by atoms with van der Waals surface area (Å²) < 4.78 is 1.51. The van der Waals surface area contributed by atoms with Gasteiger partial charge >= 0.3 is 5.97 Å². The second kappa shape index (κ2) is 7.94. The van der Waals surface area contributed by atoms with E-state index in [-0.39, 0.29) is 18.9 Å². The molecule has 0 saturated carbocycles. The molecule has 3 rings (SSSR count). The summed E-state index contributed by atoms with van der Waals surface area (Å²) in [5.74, 6) is -0.918. The van der Waals surface area contributed by atoms with Crippen molar-refractivity contribution in [2.24, 2.45) is 0 Å². The van der Waals surface area contributed by atoms with Gasteiger partial charge < -0.3 is 10.0 Å². The summed E-state index contributed by atoms with van der Waals surface area (Å²) in [6.45, 7) is 4.23. The first kappa shape index (κ1) is 17.2. The van der Waals surface area contributed by atoms with E-state index in [1.165, 1.54) is 16.4 Å². The van der Waals surface area contributed by atoms with Gasteiger partial charge in [0.2, 0.25) is 0 Å². The molecule has 1 N–H and O–H groups in total. The van der Waals surface area contributed by atoms with Crippen molar-refractivity contribution in [1.29, 1.82) is 0 Å². The second-order valence-electron chi connectivity index (χ2n) is 6.19. The Kier molecular flexibility index (Phi) is 5.45. The maximum absolute atomic E-state index is 12.6. The van der Waals surface area contributed by atoms with Crippen molar-refractivity contribution in [2.75, 3.05) is 26.2 Å². The molecule has 2 heterocycles. The molecule has 1 aromatic carbocycles. The number of hydrogen-bond acceptors (Lipinski definition) is 4. The molecular weight excluding hydrogens is 320 g/mol. The highest BCUT2D eigenvalue weighted by atomic mass is 16.4. The van der Waals surface area contributed by atoms with Crippen LogP contribution in [0.1, 0.15) is 22.3 Å². The van der Waals surface area contributed by atoms with Crippen LogP contribution in [0.5, 0.6) is 0 Å². The number of piperazine rings is 1. The van der Waals surface area contributed by atoms with Gasteiger partial charge in [-0.15, -0.1) is 0 Å². The number of aryl methyl sites for hydroxylation is 1. The lowest BCUT2D eigenvalue weighted by molar-refractivity contribution is -0.137. The van der Waals surface area contributed by atoms with E-state index < -0.39 is 5.97 Å². The molecule has 0 radical (unpaired) electrons. The molecule has 1 saturated heterocycles. The van der Waals surface area contributed by atoms with E-state index >= 15 is 0 Å². The zero-order chi connectivity index (χ0) is 17.6. The minimum absolute atomic E-state index is 0.00648. The van der Waals surface area contributed by atoms with Crippen LogP contribution in [0.25, 0.3) is 0 Å². The normalized spacial score (nSPS) is 15.3. The van der Waals surface area contributed by atoms with Crippen molar-refractivity contribution in [3.63, 3.8) is 0 Å². The molecule has 132 valence electrons. The molecule has 7 heteroatoms. The zero-order valence-electron chi connectivity index (χ0n) is 14.0. The standard InChI is InChI=1S/C18H22N4O3/c23-17(24)6-7-22-14-16(12-19-22)18(25)21-10-8-20(9-11-21)13-15-4-2-1-3-5-15/h1-5,12,14H,6-11,13H2,(H,23,24). The number of aliphatic carboxylic acids is 1. The molecule has 0 spiro atoms. The molecule has 0 bridgehead atoms. The average molecular weight is 342 g/mol. The molecule has 1 amide bonds. The molecule has 1 aliphatic heterocycles. The lowest BCUT2D eigenvalue weighted by atomic mass is 10.2. The number of amides is 1. The molecular formula is C18H22N4O3. The highest BCUT2D eigenvalue weighted by Gasteiger charge is 2.23. The highest BCUT2D eigenvalue weighted by molar-refractivity contribution is 5.93. The van der Waals surface area contributed by atoms with Crippen molar-refractivity contribution < 1.29 is 14.7 Å². The summed E-state index contributed by atoms with van der Waals surface area (Å²) in [6, 6.07) is 10.3. The largest absolute Gasteiger partial charge is 0.481 e. The number of rotatable bonds is 6. The van der Waals surface area contributed by atoms with Crippen LogP contribution in [0.4, 0.5) is 0 Å². The third-order valence-corrected chi connectivity index (χ3v) is 4.34. The Hall–Kier alpha value is -2.67. The molecule has 0 atom stereocenters. The summed E-state index contributed by atoms with van der Waals surface area (Å²) in [7, 11) is 0. The molecule has 0 aliphatic carbocycles. The number of carbonyl (C=O) groups excluding carboxylic acids is 1. The average Bonchev–Trinajstić information content (AvgIpc) is 3.10. The fraction of sp³-hybridized carbons (Fsp3) is 0.389. The van der Waals surface area contributed by atoms with Crippen molar-refractivity contribution in [3.8, 4) is 0 Å². The lowest BCUT2D eigenvalue weighted by Crippen LogP contribution is -2.48. The lowest BCUT2D eigenvalue weighted by Gasteiger charge is -2.34. The molecule has 0 unspecified atom stereocenters. The topological polar surface area (TPSA) is 78.7 Å². The van der Waals surface area contributed by atoms with Gasteiger partial charge in [-0.05, 0) is 5.56 Å². The first-order valence-corrected chi connectivity index (χ1v) is 8.41. The Labute approximate surface area is 146 Å². The van der Waals surface area contributed by atoms with Gasteiger partial charge in [0.15, 0.2) is 0 Å². The third-order valence-electron chi connectivity index (χ3n) is 4.34. The van der Waals surface area contributed by atoms with Gasteiger partial charge in [-0.1, -0.05) is 30.3 Å². The monoisotopic (exact) mass is 342 g/mol. The van der Waals surface area contributed by atoms with E-state index in [9.17, 15) is 9.59 Å².